The fourth-order valence-corrected chi connectivity index (χ4v) is 4.82. The van der Waals surface area contributed by atoms with Crippen molar-refractivity contribution in [3.63, 3.8) is 0 Å². The largest absolute Gasteiger partial charge is 0.491 e. The second kappa shape index (κ2) is 7.59. The minimum Gasteiger partial charge on any atom is -0.491 e. The van der Waals surface area contributed by atoms with E-state index < -0.39 is 18.5 Å². The monoisotopic (exact) mass is 360 g/mol. The van der Waals surface area contributed by atoms with Crippen LogP contribution in [-0.4, -0.2) is 57.5 Å². The third kappa shape index (κ3) is 4.32. The van der Waals surface area contributed by atoms with Gasteiger partial charge in [-0.3, -0.25) is 0 Å². The second-order valence-corrected chi connectivity index (χ2v) is 7.70. The summed E-state index contributed by atoms with van der Waals surface area (Å²) >= 11 is 7.40. The number of ether oxygens (including phenoxy) is 2. The molecule has 1 aromatic rings. The SMILES string of the molecule is OC(COc1cccc(Cl)c1)CSC1C(O)CC2OC(O)CC21. The van der Waals surface area contributed by atoms with Crippen LogP contribution in [0, 0.1) is 5.92 Å². The van der Waals surface area contributed by atoms with Crippen LogP contribution in [0.4, 0.5) is 0 Å². The Hall–Kier alpha value is -0.500. The van der Waals surface area contributed by atoms with Gasteiger partial charge in [-0.2, -0.15) is 11.8 Å². The Morgan fingerprint density at radius 1 is 1.35 bits per heavy atom. The summed E-state index contributed by atoms with van der Waals surface area (Å²) in [6.07, 6.45) is -0.793. The van der Waals surface area contributed by atoms with Gasteiger partial charge in [0.05, 0.1) is 18.3 Å². The number of aliphatic hydroxyl groups is 3. The normalized spacial score (nSPS) is 34.3. The zero-order valence-electron chi connectivity index (χ0n) is 12.5. The first-order valence-corrected chi connectivity index (χ1v) is 9.15. The highest BCUT2D eigenvalue weighted by Gasteiger charge is 2.49. The third-order valence-electron chi connectivity index (χ3n) is 4.28. The van der Waals surface area contributed by atoms with Crippen molar-refractivity contribution in [3.8, 4) is 5.75 Å². The maximum atomic E-state index is 10.1. The van der Waals surface area contributed by atoms with Crippen LogP contribution in [-0.2, 0) is 4.74 Å². The van der Waals surface area contributed by atoms with Crippen LogP contribution in [0.1, 0.15) is 12.8 Å². The van der Waals surface area contributed by atoms with Crippen LogP contribution in [0.15, 0.2) is 24.3 Å². The van der Waals surface area contributed by atoms with Crippen LogP contribution >= 0.6 is 23.4 Å². The molecule has 1 aliphatic heterocycles. The molecule has 23 heavy (non-hydrogen) atoms. The number of fused-ring (bicyclic) bond motifs is 1. The maximum absolute atomic E-state index is 10.1. The Morgan fingerprint density at radius 2 is 2.17 bits per heavy atom. The Bertz CT molecular complexity index is 531. The van der Waals surface area contributed by atoms with Crippen molar-refractivity contribution < 1.29 is 24.8 Å². The number of hydrogen-bond acceptors (Lipinski definition) is 6. The van der Waals surface area contributed by atoms with Gasteiger partial charge in [-0.1, -0.05) is 17.7 Å². The Kier molecular flexibility index (Phi) is 5.72. The van der Waals surface area contributed by atoms with Crippen molar-refractivity contribution in [2.75, 3.05) is 12.4 Å². The lowest BCUT2D eigenvalue weighted by Gasteiger charge is -2.21. The lowest BCUT2D eigenvalue weighted by Crippen LogP contribution is -2.27. The van der Waals surface area contributed by atoms with E-state index in [0.717, 1.165) is 0 Å². The molecule has 6 atom stereocenters. The van der Waals surface area contributed by atoms with E-state index in [4.69, 9.17) is 21.1 Å². The molecule has 0 bridgehead atoms. The van der Waals surface area contributed by atoms with Crippen LogP contribution in [0.25, 0.3) is 0 Å². The first kappa shape index (κ1) is 17.3. The van der Waals surface area contributed by atoms with Gasteiger partial charge in [0.1, 0.15) is 12.4 Å². The van der Waals surface area contributed by atoms with E-state index in [1.54, 1.807) is 24.3 Å². The van der Waals surface area contributed by atoms with Crippen LogP contribution in [0.5, 0.6) is 5.75 Å². The lowest BCUT2D eigenvalue weighted by atomic mass is 10.0. The molecule has 3 N–H and O–H groups in total. The third-order valence-corrected chi connectivity index (χ3v) is 6.14. The number of thioether (sulfide) groups is 1. The summed E-state index contributed by atoms with van der Waals surface area (Å²) < 4.78 is 10.9. The van der Waals surface area contributed by atoms with Gasteiger partial charge < -0.3 is 24.8 Å². The smallest absolute Gasteiger partial charge is 0.155 e. The van der Waals surface area contributed by atoms with Gasteiger partial charge in [-0.25, -0.2) is 0 Å². The predicted molar refractivity (Wildman–Crippen MR) is 88.8 cm³/mol. The van der Waals surface area contributed by atoms with E-state index >= 15 is 0 Å². The predicted octanol–water partition coefficient (Wildman–Crippen LogP) is 1.67. The summed E-state index contributed by atoms with van der Waals surface area (Å²) in [7, 11) is 0. The second-order valence-electron chi connectivity index (χ2n) is 6.05. The first-order chi connectivity index (χ1) is 11.0. The van der Waals surface area contributed by atoms with Crippen LogP contribution in [0.3, 0.4) is 0 Å². The minimum atomic E-state index is -0.725. The molecular formula is C16H21ClO5S. The maximum Gasteiger partial charge on any atom is 0.155 e. The molecule has 6 unspecified atom stereocenters. The fraction of sp³-hybridized carbons (Fsp3) is 0.625. The first-order valence-electron chi connectivity index (χ1n) is 7.72. The highest BCUT2D eigenvalue weighted by atomic mass is 35.5. The van der Waals surface area contributed by atoms with Gasteiger partial charge in [-0.15, -0.1) is 0 Å². The average molecular weight is 361 g/mol. The van der Waals surface area contributed by atoms with E-state index in [9.17, 15) is 15.3 Å². The zero-order valence-corrected chi connectivity index (χ0v) is 14.1. The van der Waals surface area contributed by atoms with E-state index in [2.05, 4.69) is 0 Å². The van der Waals surface area contributed by atoms with Crippen LogP contribution < -0.4 is 4.74 Å². The number of hydrogen-bond donors (Lipinski definition) is 3. The van der Waals surface area contributed by atoms with Crippen molar-refractivity contribution in [1.82, 2.24) is 0 Å². The summed E-state index contributed by atoms with van der Waals surface area (Å²) in [6, 6.07) is 7.04. The molecule has 1 saturated heterocycles. The van der Waals surface area contributed by atoms with Crippen molar-refractivity contribution in [1.29, 1.82) is 0 Å². The molecule has 5 nitrogen and oxygen atoms in total. The number of aliphatic hydroxyl groups excluding tert-OH is 3. The van der Waals surface area contributed by atoms with Gasteiger partial charge in [-0.05, 0) is 18.2 Å². The molecule has 2 fully saturated rings. The van der Waals surface area contributed by atoms with E-state index in [-0.39, 0.29) is 23.9 Å². The van der Waals surface area contributed by atoms with Crippen molar-refractivity contribution >= 4 is 23.4 Å². The zero-order chi connectivity index (χ0) is 16.4. The molecule has 2 aliphatic rings. The molecule has 7 heteroatoms. The van der Waals surface area contributed by atoms with Crippen molar-refractivity contribution in [3.05, 3.63) is 29.3 Å². The van der Waals surface area contributed by atoms with E-state index in [1.807, 2.05) is 0 Å². The van der Waals surface area contributed by atoms with Gasteiger partial charge in [0.2, 0.25) is 0 Å². The van der Waals surface area contributed by atoms with Crippen molar-refractivity contribution in [2.45, 2.75) is 42.7 Å². The summed E-state index contributed by atoms with van der Waals surface area (Å²) in [6.45, 7) is 0.170. The average Bonchev–Trinajstić information content (AvgIpc) is 2.98. The molecule has 1 aliphatic carbocycles. The summed E-state index contributed by atoms with van der Waals surface area (Å²) in [5.41, 5.74) is 0. The Balaban J connectivity index is 1.44. The fourth-order valence-electron chi connectivity index (χ4n) is 3.23. The van der Waals surface area contributed by atoms with Gasteiger partial charge in [0.15, 0.2) is 6.29 Å². The number of rotatable bonds is 6. The molecule has 3 rings (SSSR count). The molecule has 1 heterocycles. The van der Waals surface area contributed by atoms with E-state index in [1.165, 1.54) is 11.8 Å². The van der Waals surface area contributed by atoms with Gasteiger partial charge in [0, 0.05) is 34.8 Å². The molecular weight excluding hydrogens is 340 g/mol. The summed E-state index contributed by atoms with van der Waals surface area (Å²) in [5, 5.41) is 30.3. The summed E-state index contributed by atoms with van der Waals surface area (Å²) in [5.74, 6) is 1.22. The van der Waals surface area contributed by atoms with Gasteiger partial charge in [0.25, 0.3) is 0 Å². The molecule has 0 spiro atoms. The van der Waals surface area contributed by atoms with Gasteiger partial charge >= 0.3 is 0 Å². The highest BCUT2D eigenvalue weighted by Crippen LogP contribution is 2.44. The molecule has 0 aromatic heterocycles. The molecule has 1 saturated carbocycles. The van der Waals surface area contributed by atoms with Crippen LogP contribution in [0.2, 0.25) is 5.02 Å². The molecule has 1 aromatic carbocycles. The Labute approximate surface area is 144 Å². The van der Waals surface area contributed by atoms with Crippen molar-refractivity contribution in [2.24, 2.45) is 5.92 Å². The standard InChI is InChI=1S/C16H21ClO5S/c17-9-2-1-3-11(4-9)21-7-10(18)8-23-16-12-5-15(20)22-14(12)6-13(16)19/h1-4,10,12-16,18-20H,5-8H2. The number of halogens is 1. The molecule has 128 valence electrons. The highest BCUT2D eigenvalue weighted by molar-refractivity contribution is 8.00. The number of benzene rings is 1. The quantitative estimate of drug-likeness (QED) is 0.716. The molecule has 0 radical (unpaired) electrons. The molecule has 0 amide bonds. The van der Waals surface area contributed by atoms with E-state index in [0.29, 0.717) is 29.4 Å². The Morgan fingerprint density at radius 3 is 2.96 bits per heavy atom. The minimum absolute atomic E-state index is 0.0158. The summed E-state index contributed by atoms with van der Waals surface area (Å²) in [4.78, 5) is 0. The topological polar surface area (TPSA) is 79.2 Å². The lowest BCUT2D eigenvalue weighted by molar-refractivity contribution is -0.0947.